The fraction of sp³-hybridized carbons (Fsp3) is 0.286. The molecule has 15 heavy (non-hydrogen) atoms. The molecular formula is C7H11NO5S2. The molecule has 0 saturated carbocycles. The van der Waals surface area contributed by atoms with Crippen LogP contribution in [0.15, 0.2) is 25.3 Å². The lowest BCUT2D eigenvalue weighted by Gasteiger charge is -2.14. The number of hydrogen-bond acceptors (Lipinski definition) is 5. The van der Waals surface area contributed by atoms with E-state index in [0.717, 1.165) is 12.2 Å². The van der Waals surface area contributed by atoms with E-state index in [1.165, 1.54) is 0 Å². The van der Waals surface area contributed by atoms with Crippen molar-refractivity contribution in [3.63, 3.8) is 0 Å². The van der Waals surface area contributed by atoms with E-state index in [0.29, 0.717) is 0 Å². The van der Waals surface area contributed by atoms with E-state index in [1.807, 2.05) is 0 Å². The van der Waals surface area contributed by atoms with Gasteiger partial charge < -0.3 is 0 Å². The molecule has 0 aliphatic rings. The van der Waals surface area contributed by atoms with Gasteiger partial charge in [-0.2, -0.15) is 8.42 Å². The molecule has 0 fully saturated rings. The van der Waals surface area contributed by atoms with Gasteiger partial charge in [0, 0.05) is 0 Å². The maximum atomic E-state index is 11.4. The highest BCUT2D eigenvalue weighted by molar-refractivity contribution is 8.66. The van der Waals surface area contributed by atoms with E-state index >= 15 is 0 Å². The summed E-state index contributed by atoms with van der Waals surface area (Å²) in [6, 6.07) is 0. The van der Waals surface area contributed by atoms with Crippen molar-refractivity contribution in [2.45, 2.75) is 0 Å². The standard InChI is InChI=1S/C7H11NO5S2/c1-3-5-8(7-9)15(12,13)14(10,11)6-4-2/h3-4,7H,1-2,5-6H2. The molecule has 8 heteroatoms. The van der Waals surface area contributed by atoms with Crippen LogP contribution in [0.3, 0.4) is 0 Å². The zero-order valence-electron chi connectivity index (χ0n) is 7.87. The minimum absolute atomic E-state index is 0.0718. The highest BCUT2D eigenvalue weighted by atomic mass is 33.2. The van der Waals surface area contributed by atoms with E-state index in [1.54, 1.807) is 0 Å². The Morgan fingerprint density at radius 1 is 1.07 bits per heavy atom. The molecule has 6 nitrogen and oxygen atoms in total. The number of rotatable bonds is 7. The first-order valence-electron chi connectivity index (χ1n) is 3.75. The molecule has 0 radical (unpaired) electrons. The number of amides is 1. The van der Waals surface area contributed by atoms with E-state index < -0.39 is 23.7 Å². The second-order valence-electron chi connectivity index (χ2n) is 2.43. The third-order valence-corrected chi connectivity index (χ3v) is 6.36. The molecule has 0 heterocycles. The highest BCUT2D eigenvalue weighted by Gasteiger charge is 2.33. The molecule has 0 saturated heterocycles. The topological polar surface area (TPSA) is 88.6 Å². The quantitative estimate of drug-likeness (QED) is 0.346. The first-order chi connectivity index (χ1) is 6.83. The molecule has 0 aromatic rings. The third-order valence-electron chi connectivity index (χ3n) is 1.36. The molecule has 0 aromatic carbocycles. The monoisotopic (exact) mass is 253 g/mol. The first kappa shape index (κ1) is 13.8. The van der Waals surface area contributed by atoms with Gasteiger partial charge in [0.25, 0.3) is 8.87 Å². The fourth-order valence-corrected chi connectivity index (χ4v) is 3.80. The van der Waals surface area contributed by atoms with Crippen LogP contribution in [-0.2, 0) is 22.7 Å². The summed E-state index contributed by atoms with van der Waals surface area (Å²) < 4.78 is 45.4. The Morgan fingerprint density at radius 2 is 1.60 bits per heavy atom. The van der Waals surface area contributed by atoms with Gasteiger partial charge in [-0.05, 0) is 0 Å². The Bertz CT molecular complexity index is 448. The SMILES string of the molecule is C=CCN(C=O)S(=O)(=O)S(=O)(=O)CC=C. The van der Waals surface area contributed by atoms with Crippen molar-refractivity contribution >= 4 is 24.3 Å². The average Bonchev–Trinajstić information content (AvgIpc) is 2.13. The molecule has 0 unspecified atom stereocenters. The van der Waals surface area contributed by atoms with Gasteiger partial charge in [-0.25, -0.2) is 12.7 Å². The predicted octanol–water partition coefficient (Wildman–Crippen LogP) is -0.524. The van der Waals surface area contributed by atoms with Gasteiger partial charge in [0.15, 0.2) is 0 Å². The highest BCUT2D eigenvalue weighted by Crippen LogP contribution is 2.09. The Labute approximate surface area is 88.3 Å². The summed E-state index contributed by atoms with van der Waals surface area (Å²) in [6.07, 6.45) is 1.97. The Kier molecular flexibility index (Phi) is 4.69. The largest absolute Gasteiger partial charge is 0.344 e. The van der Waals surface area contributed by atoms with Crippen molar-refractivity contribution in [1.29, 1.82) is 0 Å². The van der Waals surface area contributed by atoms with E-state index in [2.05, 4.69) is 13.2 Å². The minimum Gasteiger partial charge on any atom is -0.278 e. The number of nitrogens with zero attached hydrogens (tertiary/aromatic N) is 1. The molecule has 86 valence electrons. The summed E-state index contributed by atoms with van der Waals surface area (Å²) in [6.45, 7) is 5.94. The van der Waals surface area contributed by atoms with Crippen molar-refractivity contribution in [2.24, 2.45) is 0 Å². The molecule has 0 aliphatic carbocycles. The average molecular weight is 253 g/mol. The van der Waals surface area contributed by atoms with Gasteiger partial charge in [0.1, 0.15) is 0 Å². The first-order valence-corrected chi connectivity index (χ1v) is 7.36. The maximum absolute atomic E-state index is 11.4. The van der Waals surface area contributed by atoms with Crippen LogP contribution in [0.2, 0.25) is 0 Å². The van der Waals surface area contributed by atoms with Crippen molar-refractivity contribution in [1.82, 2.24) is 4.31 Å². The smallest absolute Gasteiger partial charge is 0.278 e. The Morgan fingerprint density at radius 3 is 1.93 bits per heavy atom. The van der Waals surface area contributed by atoms with Gasteiger partial charge in [-0.3, -0.25) is 4.79 Å². The lowest BCUT2D eigenvalue weighted by Crippen LogP contribution is -2.36. The molecule has 0 aliphatic heterocycles. The van der Waals surface area contributed by atoms with E-state index in [4.69, 9.17) is 0 Å². The molecule has 1 amide bonds. The summed E-state index contributed by atoms with van der Waals surface area (Å²) >= 11 is 0. The molecule has 0 rings (SSSR count). The molecule has 0 atom stereocenters. The summed E-state index contributed by atoms with van der Waals surface area (Å²) in [7, 11) is -9.12. The van der Waals surface area contributed by atoms with Crippen LogP contribution < -0.4 is 0 Å². The van der Waals surface area contributed by atoms with Crippen LogP contribution in [0.4, 0.5) is 0 Å². The van der Waals surface area contributed by atoms with E-state index in [-0.39, 0.29) is 17.3 Å². The predicted molar refractivity (Wildman–Crippen MR) is 55.9 cm³/mol. The third kappa shape index (κ3) is 2.90. The van der Waals surface area contributed by atoms with Gasteiger partial charge in [0.2, 0.25) is 6.41 Å². The van der Waals surface area contributed by atoms with Crippen LogP contribution in [-0.4, -0.2) is 39.8 Å². The summed E-state index contributed by atoms with van der Waals surface area (Å²) in [5, 5.41) is 0. The summed E-state index contributed by atoms with van der Waals surface area (Å²) in [5.74, 6) is -0.739. The van der Waals surface area contributed by atoms with Crippen molar-refractivity contribution in [3.05, 3.63) is 25.3 Å². The zero-order valence-corrected chi connectivity index (χ0v) is 9.50. The van der Waals surface area contributed by atoms with Gasteiger partial charge in [-0.1, -0.05) is 12.2 Å². The Balaban J connectivity index is 5.38. The van der Waals surface area contributed by atoms with Crippen molar-refractivity contribution < 1.29 is 21.6 Å². The maximum Gasteiger partial charge on any atom is 0.344 e. The molecule has 0 spiro atoms. The summed E-state index contributed by atoms with van der Waals surface area (Å²) in [5.41, 5.74) is 0. The normalized spacial score (nSPS) is 11.7. The zero-order chi connectivity index (χ0) is 12.1. The summed E-state index contributed by atoms with van der Waals surface area (Å²) in [4.78, 5) is 10.4. The molecule has 0 N–H and O–H groups in total. The number of carbonyl (C=O) groups is 1. The minimum atomic E-state index is -4.68. The lowest BCUT2D eigenvalue weighted by molar-refractivity contribution is -0.113. The van der Waals surface area contributed by atoms with Crippen LogP contribution >= 0.6 is 0 Å². The second-order valence-corrected chi connectivity index (χ2v) is 7.99. The van der Waals surface area contributed by atoms with Gasteiger partial charge >= 0.3 is 9.06 Å². The molecule has 0 aromatic heterocycles. The number of carbonyl (C=O) groups excluding carboxylic acids is 1. The second kappa shape index (κ2) is 5.08. The van der Waals surface area contributed by atoms with E-state index in [9.17, 15) is 21.6 Å². The molecular weight excluding hydrogens is 242 g/mol. The van der Waals surface area contributed by atoms with Crippen LogP contribution in [0.5, 0.6) is 0 Å². The van der Waals surface area contributed by atoms with Crippen LogP contribution in [0.25, 0.3) is 0 Å². The van der Waals surface area contributed by atoms with Crippen LogP contribution in [0, 0.1) is 0 Å². The van der Waals surface area contributed by atoms with Crippen LogP contribution in [0.1, 0.15) is 0 Å². The number of hydrogen-bond donors (Lipinski definition) is 0. The fourth-order valence-electron chi connectivity index (χ4n) is 0.690. The van der Waals surface area contributed by atoms with Gasteiger partial charge in [-0.15, -0.1) is 13.2 Å². The van der Waals surface area contributed by atoms with Crippen molar-refractivity contribution in [2.75, 3.05) is 12.3 Å². The lowest BCUT2D eigenvalue weighted by atomic mass is 10.6. The molecule has 0 bridgehead atoms. The Hall–Kier alpha value is -1.15. The van der Waals surface area contributed by atoms with Gasteiger partial charge in [0.05, 0.1) is 12.3 Å². The van der Waals surface area contributed by atoms with Crippen molar-refractivity contribution in [3.8, 4) is 0 Å².